The summed E-state index contributed by atoms with van der Waals surface area (Å²) in [6.07, 6.45) is 0.791. The maximum Gasteiger partial charge on any atom is 0.251 e. The zero-order valence-electron chi connectivity index (χ0n) is 8.26. The van der Waals surface area contributed by atoms with Gasteiger partial charge in [0.15, 0.2) is 0 Å². The van der Waals surface area contributed by atoms with E-state index in [4.69, 9.17) is 4.74 Å². The first kappa shape index (κ1) is 9.52. The topological polar surface area (TPSA) is 29.5 Å². The third-order valence-corrected chi connectivity index (χ3v) is 2.65. The van der Waals surface area contributed by atoms with Crippen LogP contribution in [-0.2, 0) is 9.53 Å². The van der Waals surface area contributed by atoms with E-state index in [-0.39, 0.29) is 17.6 Å². The van der Waals surface area contributed by atoms with Gasteiger partial charge in [-0.25, -0.2) is 0 Å². The monoisotopic (exact) mass is 171 g/mol. The molecule has 0 aromatic heterocycles. The van der Waals surface area contributed by atoms with E-state index in [0.717, 1.165) is 13.0 Å². The summed E-state index contributed by atoms with van der Waals surface area (Å²) in [4.78, 5) is 13.4. The molecule has 0 saturated carbocycles. The largest absolute Gasteiger partial charge is 0.372 e. The van der Waals surface area contributed by atoms with E-state index in [1.54, 1.807) is 14.0 Å². The predicted octanol–water partition coefficient (Wildman–Crippen LogP) is 1.03. The molecule has 3 heteroatoms. The molecule has 0 bridgehead atoms. The highest BCUT2D eigenvalue weighted by Crippen LogP contribution is 2.29. The number of methoxy groups -OCH3 is 1. The molecule has 1 saturated heterocycles. The Bertz CT molecular complexity index is 189. The van der Waals surface area contributed by atoms with Crippen LogP contribution < -0.4 is 0 Å². The molecule has 0 N–H and O–H groups in total. The molecule has 0 radical (unpaired) electrons. The predicted molar refractivity (Wildman–Crippen MR) is 46.9 cm³/mol. The fourth-order valence-corrected chi connectivity index (χ4v) is 1.40. The fraction of sp³-hybridized carbons (Fsp3) is 0.889. The molecular weight excluding hydrogens is 154 g/mol. The van der Waals surface area contributed by atoms with Crippen LogP contribution in [0.15, 0.2) is 0 Å². The van der Waals surface area contributed by atoms with Gasteiger partial charge in [-0.05, 0) is 27.2 Å². The van der Waals surface area contributed by atoms with E-state index in [2.05, 4.69) is 13.8 Å². The number of carbonyl (C=O) groups is 1. The third kappa shape index (κ3) is 1.46. The number of nitrogens with zero attached hydrogens (tertiary/aromatic N) is 1. The zero-order valence-corrected chi connectivity index (χ0v) is 8.26. The van der Waals surface area contributed by atoms with Gasteiger partial charge < -0.3 is 9.64 Å². The van der Waals surface area contributed by atoms with Crippen LogP contribution >= 0.6 is 0 Å². The number of ether oxygens (including phenoxy) is 1. The number of hydrogen-bond donors (Lipinski definition) is 0. The summed E-state index contributed by atoms with van der Waals surface area (Å²) >= 11 is 0. The van der Waals surface area contributed by atoms with E-state index in [9.17, 15) is 4.79 Å². The Balaban J connectivity index is 2.54. The minimum Gasteiger partial charge on any atom is -0.372 e. The lowest BCUT2D eigenvalue weighted by molar-refractivity contribution is -0.154. The van der Waals surface area contributed by atoms with Crippen molar-refractivity contribution in [2.75, 3.05) is 13.7 Å². The van der Waals surface area contributed by atoms with Crippen LogP contribution in [0.25, 0.3) is 0 Å². The van der Waals surface area contributed by atoms with Crippen LogP contribution in [-0.4, -0.2) is 36.1 Å². The molecule has 3 nitrogen and oxygen atoms in total. The molecule has 1 aliphatic heterocycles. The van der Waals surface area contributed by atoms with Gasteiger partial charge in [0, 0.05) is 19.2 Å². The highest BCUT2D eigenvalue weighted by atomic mass is 16.5. The second kappa shape index (κ2) is 3.05. The first-order valence-electron chi connectivity index (χ1n) is 4.33. The van der Waals surface area contributed by atoms with Gasteiger partial charge in [-0.2, -0.15) is 0 Å². The normalized spacial score (nSPS) is 23.2. The molecule has 70 valence electrons. The van der Waals surface area contributed by atoms with Crippen LogP contribution in [0.4, 0.5) is 0 Å². The number of rotatable bonds is 2. The molecule has 1 unspecified atom stereocenters. The summed E-state index contributed by atoms with van der Waals surface area (Å²) in [7, 11) is 1.56. The lowest BCUT2D eigenvalue weighted by atomic mass is 9.88. The average Bonchev–Trinajstić information content (AvgIpc) is 2.01. The van der Waals surface area contributed by atoms with Crippen molar-refractivity contribution in [1.82, 2.24) is 4.90 Å². The Morgan fingerprint density at radius 2 is 2.17 bits per heavy atom. The summed E-state index contributed by atoms with van der Waals surface area (Å²) in [6, 6.07) is 0. The van der Waals surface area contributed by atoms with Gasteiger partial charge in [0.1, 0.15) is 6.10 Å². The fourth-order valence-electron chi connectivity index (χ4n) is 1.40. The zero-order chi connectivity index (χ0) is 9.35. The van der Waals surface area contributed by atoms with Crippen molar-refractivity contribution in [3.8, 4) is 0 Å². The molecule has 0 aromatic carbocycles. The molecular formula is C9H17NO2. The minimum absolute atomic E-state index is 0.0455. The Labute approximate surface area is 73.7 Å². The number of carbonyl (C=O) groups excluding carboxylic acids is 1. The Morgan fingerprint density at radius 1 is 1.58 bits per heavy atom. The van der Waals surface area contributed by atoms with Gasteiger partial charge >= 0.3 is 0 Å². The number of hydrogen-bond acceptors (Lipinski definition) is 2. The van der Waals surface area contributed by atoms with Crippen LogP contribution in [0.5, 0.6) is 0 Å². The maximum absolute atomic E-state index is 11.6. The summed E-state index contributed by atoms with van der Waals surface area (Å²) < 4.78 is 4.97. The second-order valence-electron chi connectivity index (χ2n) is 3.93. The van der Waals surface area contributed by atoms with Crippen molar-refractivity contribution in [1.29, 1.82) is 0 Å². The van der Waals surface area contributed by atoms with Crippen LogP contribution in [0.1, 0.15) is 27.2 Å². The van der Waals surface area contributed by atoms with Gasteiger partial charge in [-0.1, -0.05) is 0 Å². The summed E-state index contributed by atoms with van der Waals surface area (Å²) in [5.74, 6) is 0.105. The SMILES string of the molecule is COC(C)C(=O)N1CCC1(C)C. The molecule has 1 amide bonds. The maximum atomic E-state index is 11.6. The quantitative estimate of drug-likeness (QED) is 0.621. The van der Waals surface area contributed by atoms with Crippen LogP contribution in [0, 0.1) is 0 Å². The Kier molecular flexibility index (Phi) is 2.42. The van der Waals surface area contributed by atoms with Gasteiger partial charge in [-0.3, -0.25) is 4.79 Å². The van der Waals surface area contributed by atoms with Crippen molar-refractivity contribution in [2.45, 2.75) is 38.8 Å². The van der Waals surface area contributed by atoms with Crippen molar-refractivity contribution < 1.29 is 9.53 Å². The van der Waals surface area contributed by atoms with Gasteiger partial charge in [-0.15, -0.1) is 0 Å². The molecule has 12 heavy (non-hydrogen) atoms. The highest BCUT2D eigenvalue weighted by molar-refractivity contribution is 5.82. The van der Waals surface area contributed by atoms with Gasteiger partial charge in [0.05, 0.1) is 0 Å². The molecule has 1 atom stereocenters. The average molecular weight is 171 g/mol. The highest BCUT2D eigenvalue weighted by Gasteiger charge is 2.40. The summed E-state index contributed by atoms with van der Waals surface area (Å²) in [5.41, 5.74) is 0.0455. The third-order valence-electron chi connectivity index (χ3n) is 2.65. The Hall–Kier alpha value is -0.570. The second-order valence-corrected chi connectivity index (χ2v) is 3.93. The van der Waals surface area contributed by atoms with Gasteiger partial charge in [0.2, 0.25) is 0 Å². The van der Waals surface area contributed by atoms with Crippen molar-refractivity contribution in [2.24, 2.45) is 0 Å². The summed E-state index contributed by atoms with van der Waals surface area (Å²) in [6.45, 7) is 6.82. The molecule has 0 aliphatic carbocycles. The van der Waals surface area contributed by atoms with Gasteiger partial charge in [0.25, 0.3) is 5.91 Å². The first-order valence-corrected chi connectivity index (χ1v) is 4.33. The van der Waals surface area contributed by atoms with E-state index >= 15 is 0 Å². The van der Waals surface area contributed by atoms with E-state index in [1.165, 1.54) is 0 Å². The minimum atomic E-state index is -0.301. The standard InChI is InChI=1S/C9H17NO2/c1-7(12-4)8(11)10-6-5-9(10,2)3/h7H,5-6H2,1-4H3. The van der Waals surface area contributed by atoms with E-state index in [0.29, 0.717) is 0 Å². The lowest BCUT2D eigenvalue weighted by Gasteiger charge is -2.49. The molecule has 0 aromatic rings. The molecule has 1 aliphatic rings. The first-order chi connectivity index (χ1) is 5.49. The molecule has 1 heterocycles. The van der Waals surface area contributed by atoms with E-state index in [1.807, 2.05) is 4.90 Å². The van der Waals surface area contributed by atoms with Crippen LogP contribution in [0.2, 0.25) is 0 Å². The number of amides is 1. The lowest BCUT2D eigenvalue weighted by Crippen LogP contribution is -2.60. The van der Waals surface area contributed by atoms with E-state index < -0.39 is 0 Å². The molecule has 1 rings (SSSR count). The van der Waals surface area contributed by atoms with Crippen LogP contribution in [0.3, 0.4) is 0 Å². The Morgan fingerprint density at radius 3 is 2.42 bits per heavy atom. The van der Waals surface area contributed by atoms with Crippen molar-refractivity contribution >= 4 is 5.91 Å². The van der Waals surface area contributed by atoms with Crippen molar-refractivity contribution in [3.63, 3.8) is 0 Å². The molecule has 1 fully saturated rings. The smallest absolute Gasteiger partial charge is 0.251 e. The number of likely N-dealkylation sites (tertiary alicyclic amines) is 1. The summed E-state index contributed by atoms with van der Waals surface area (Å²) in [5, 5.41) is 0. The van der Waals surface area contributed by atoms with Crippen molar-refractivity contribution in [3.05, 3.63) is 0 Å². The molecule has 0 spiro atoms.